The number of aliphatic hydroxyl groups is 1. The van der Waals surface area contributed by atoms with Gasteiger partial charge in [0.2, 0.25) is 5.13 Å². The molecule has 2 heterocycles. The number of rotatable bonds is 9. The fourth-order valence-electron chi connectivity index (χ4n) is 2.07. The first kappa shape index (κ1) is 18.3. The van der Waals surface area contributed by atoms with Crippen LogP contribution in [0.4, 0.5) is 10.8 Å². The van der Waals surface area contributed by atoms with Crippen LogP contribution in [0.5, 0.6) is 0 Å². The van der Waals surface area contributed by atoms with Crippen molar-refractivity contribution >= 4 is 45.3 Å². The summed E-state index contributed by atoms with van der Waals surface area (Å²) in [7, 11) is 0. The molecule has 0 aliphatic heterocycles. The monoisotopic (exact) mass is 393 g/mol. The lowest BCUT2D eigenvalue weighted by Gasteiger charge is -2.09. The minimum Gasteiger partial charge on any atom is -0.390 e. The van der Waals surface area contributed by atoms with E-state index in [0.717, 1.165) is 20.0 Å². The SMILES string of the molecule is Cc1cccc(Nc2nnc(SC[C@H](O)COCc3cccs3)s2)c1. The van der Waals surface area contributed by atoms with Crippen LogP contribution in [0, 0.1) is 6.92 Å². The van der Waals surface area contributed by atoms with Gasteiger partial charge in [-0.1, -0.05) is 41.3 Å². The van der Waals surface area contributed by atoms with Crippen molar-refractivity contribution in [3.63, 3.8) is 0 Å². The van der Waals surface area contributed by atoms with E-state index >= 15 is 0 Å². The van der Waals surface area contributed by atoms with Crippen molar-refractivity contribution in [2.45, 2.75) is 24.0 Å². The first-order valence-corrected chi connectivity index (χ1v) is 10.5. The Morgan fingerprint density at radius 2 is 2.20 bits per heavy atom. The van der Waals surface area contributed by atoms with Crippen LogP contribution in [0.3, 0.4) is 0 Å². The third-order valence-electron chi connectivity index (χ3n) is 3.21. The molecule has 0 amide bonds. The number of ether oxygens (including phenoxy) is 1. The molecule has 0 saturated heterocycles. The van der Waals surface area contributed by atoms with Gasteiger partial charge >= 0.3 is 0 Å². The lowest BCUT2D eigenvalue weighted by Crippen LogP contribution is -2.17. The molecule has 5 nitrogen and oxygen atoms in total. The molecule has 0 aliphatic carbocycles. The Kier molecular flexibility index (Phi) is 6.83. The van der Waals surface area contributed by atoms with E-state index in [-0.39, 0.29) is 0 Å². The molecule has 0 spiro atoms. The predicted molar refractivity (Wildman–Crippen MR) is 105 cm³/mol. The van der Waals surface area contributed by atoms with Gasteiger partial charge in [-0.3, -0.25) is 0 Å². The van der Waals surface area contributed by atoms with Crippen molar-refractivity contribution in [1.29, 1.82) is 0 Å². The summed E-state index contributed by atoms with van der Waals surface area (Å²) in [5.74, 6) is 0.531. The molecule has 2 aromatic heterocycles. The molecule has 0 radical (unpaired) electrons. The Labute approximate surface area is 159 Å². The molecule has 132 valence electrons. The summed E-state index contributed by atoms with van der Waals surface area (Å²) in [6.07, 6.45) is -0.526. The minimum absolute atomic E-state index is 0.318. The minimum atomic E-state index is -0.526. The van der Waals surface area contributed by atoms with Crippen molar-refractivity contribution in [3.05, 3.63) is 52.2 Å². The first-order valence-electron chi connectivity index (χ1n) is 7.77. The Morgan fingerprint density at radius 1 is 1.28 bits per heavy atom. The largest absolute Gasteiger partial charge is 0.390 e. The fraction of sp³-hybridized carbons (Fsp3) is 0.294. The predicted octanol–water partition coefficient (Wildman–Crippen LogP) is 4.32. The zero-order valence-electron chi connectivity index (χ0n) is 13.7. The Morgan fingerprint density at radius 3 is 3.00 bits per heavy atom. The summed E-state index contributed by atoms with van der Waals surface area (Å²) >= 11 is 4.62. The number of hydrogen-bond donors (Lipinski definition) is 2. The van der Waals surface area contributed by atoms with Crippen molar-refractivity contribution in [2.24, 2.45) is 0 Å². The highest BCUT2D eigenvalue weighted by Crippen LogP contribution is 2.28. The zero-order chi connectivity index (χ0) is 17.5. The molecule has 0 fully saturated rings. The number of thiophene rings is 1. The van der Waals surface area contributed by atoms with Gasteiger partial charge in [0.15, 0.2) is 4.34 Å². The second-order valence-electron chi connectivity index (χ2n) is 5.43. The van der Waals surface area contributed by atoms with Crippen LogP contribution in [0.1, 0.15) is 10.4 Å². The van der Waals surface area contributed by atoms with Crippen molar-refractivity contribution in [2.75, 3.05) is 17.7 Å². The van der Waals surface area contributed by atoms with E-state index in [4.69, 9.17) is 4.74 Å². The lowest BCUT2D eigenvalue weighted by atomic mass is 10.2. The molecule has 8 heteroatoms. The van der Waals surface area contributed by atoms with Crippen LogP contribution in [0.15, 0.2) is 46.1 Å². The molecule has 0 unspecified atom stereocenters. The van der Waals surface area contributed by atoms with Crippen LogP contribution >= 0.6 is 34.4 Å². The number of nitrogens with zero attached hydrogens (tertiary/aromatic N) is 2. The first-order chi connectivity index (χ1) is 12.2. The Bertz CT molecular complexity index is 777. The summed E-state index contributed by atoms with van der Waals surface area (Å²) in [5.41, 5.74) is 2.18. The maximum atomic E-state index is 10.0. The normalized spacial score (nSPS) is 12.2. The Balaban J connectivity index is 1.40. The average Bonchev–Trinajstić information content (AvgIpc) is 3.25. The van der Waals surface area contributed by atoms with Gasteiger partial charge in [0.05, 0.1) is 19.3 Å². The van der Waals surface area contributed by atoms with E-state index in [1.807, 2.05) is 29.6 Å². The van der Waals surface area contributed by atoms with Crippen LogP contribution < -0.4 is 5.32 Å². The molecule has 0 saturated carbocycles. The molecule has 25 heavy (non-hydrogen) atoms. The smallest absolute Gasteiger partial charge is 0.210 e. The summed E-state index contributed by atoms with van der Waals surface area (Å²) < 4.78 is 6.35. The summed E-state index contributed by atoms with van der Waals surface area (Å²) in [6, 6.07) is 12.1. The highest BCUT2D eigenvalue weighted by molar-refractivity contribution is 8.01. The maximum Gasteiger partial charge on any atom is 0.210 e. The van der Waals surface area contributed by atoms with Crippen LogP contribution in [-0.2, 0) is 11.3 Å². The van der Waals surface area contributed by atoms with E-state index in [1.54, 1.807) is 11.3 Å². The Hall–Kier alpha value is -1.45. The van der Waals surface area contributed by atoms with Gasteiger partial charge in [0.1, 0.15) is 0 Å². The van der Waals surface area contributed by atoms with Gasteiger partial charge in [0, 0.05) is 16.3 Å². The van der Waals surface area contributed by atoms with Gasteiger partial charge in [-0.2, -0.15) is 0 Å². The molecule has 1 atom stereocenters. The number of aromatic nitrogens is 2. The van der Waals surface area contributed by atoms with Gasteiger partial charge < -0.3 is 15.2 Å². The summed E-state index contributed by atoms with van der Waals surface area (Å²) in [6.45, 7) is 2.91. The average molecular weight is 394 g/mol. The van der Waals surface area contributed by atoms with Gasteiger partial charge in [-0.25, -0.2) is 0 Å². The molecule has 0 aliphatic rings. The van der Waals surface area contributed by atoms with E-state index in [2.05, 4.69) is 34.6 Å². The molecular weight excluding hydrogens is 374 g/mol. The number of thioether (sulfide) groups is 1. The highest BCUT2D eigenvalue weighted by Gasteiger charge is 2.10. The maximum absolute atomic E-state index is 10.0. The van der Waals surface area contributed by atoms with E-state index in [9.17, 15) is 5.11 Å². The number of nitrogens with one attached hydrogen (secondary N) is 1. The second kappa shape index (κ2) is 9.30. The van der Waals surface area contributed by atoms with Crippen molar-refractivity contribution in [3.8, 4) is 0 Å². The van der Waals surface area contributed by atoms with Gasteiger partial charge in [-0.15, -0.1) is 21.5 Å². The standard InChI is InChI=1S/C17H19N3O2S3/c1-12-4-2-5-13(8-12)18-16-19-20-17(25-16)24-11-14(21)9-22-10-15-6-3-7-23-15/h2-8,14,21H,9-11H2,1H3,(H,18,19)/t14-/m1/s1. The molecule has 3 aromatic rings. The molecular formula is C17H19N3O2S3. The van der Waals surface area contributed by atoms with Crippen molar-refractivity contribution in [1.82, 2.24) is 10.2 Å². The number of hydrogen-bond acceptors (Lipinski definition) is 8. The van der Waals surface area contributed by atoms with Crippen LogP contribution in [0.2, 0.25) is 0 Å². The number of aryl methyl sites for hydroxylation is 1. The third-order valence-corrected chi connectivity index (χ3v) is 6.18. The molecule has 2 N–H and O–H groups in total. The molecule has 3 rings (SSSR count). The fourth-order valence-corrected chi connectivity index (χ4v) is 4.42. The van der Waals surface area contributed by atoms with Gasteiger partial charge in [-0.05, 0) is 36.1 Å². The van der Waals surface area contributed by atoms with Gasteiger partial charge in [0.25, 0.3) is 0 Å². The van der Waals surface area contributed by atoms with E-state index < -0.39 is 6.10 Å². The van der Waals surface area contributed by atoms with E-state index in [1.165, 1.54) is 28.7 Å². The zero-order valence-corrected chi connectivity index (χ0v) is 16.2. The second-order valence-corrected chi connectivity index (χ2v) is 8.70. The quantitative estimate of drug-likeness (QED) is 0.528. The van der Waals surface area contributed by atoms with Crippen molar-refractivity contribution < 1.29 is 9.84 Å². The van der Waals surface area contributed by atoms with Crippen LogP contribution in [0.25, 0.3) is 0 Å². The third kappa shape index (κ3) is 6.09. The number of aliphatic hydroxyl groups excluding tert-OH is 1. The summed E-state index contributed by atoms with van der Waals surface area (Å²) in [4.78, 5) is 1.16. The van der Waals surface area contributed by atoms with Crippen LogP contribution in [-0.4, -0.2) is 33.8 Å². The van der Waals surface area contributed by atoms with E-state index in [0.29, 0.717) is 19.0 Å². The molecule has 0 bridgehead atoms. The number of anilines is 2. The lowest BCUT2D eigenvalue weighted by molar-refractivity contribution is 0.0409. The topological polar surface area (TPSA) is 67.3 Å². The highest BCUT2D eigenvalue weighted by atomic mass is 32.2. The summed E-state index contributed by atoms with van der Waals surface area (Å²) in [5, 5.41) is 24.3. The molecule has 1 aromatic carbocycles. The number of benzene rings is 1.